The minimum atomic E-state index is -0.353. The van der Waals surface area contributed by atoms with Gasteiger partial charge in [-0.05, 0) is 38.1 Å². The molecule has 0 bridgehead atoms. The molecule has 1 amide bonds. The Hall–Kier alpha value is -2.89. The van der Waals surface area contributed by atoms with Gasteiger partial charge in [-0.3, -0.25) is 9.78 Å². The van der Waals surface area contributed by atoms with E-state index in [1.54, 1.807) is 30.5 Å². The van der Waals surface area contributed by atoms with Gasteiger partial charge in [0, 0.05) is 42.8 Å². The van der Waals surface area contributed by atoms with Crippen molar-refractivity contribution in [2.45, 2.75) is 13.8 Å². The van der Waals surface area contributed by atoms with Crippen LogP contribution in [0.1, 0.15) is 29.8 Å². The molecule has 0 atom stereocenters. The summed E-state index contributed by atoms with van der Waals surface area (Å²) in [5.74, 6) is -0.234. The zero-order valence-corrected chi connectivity index (χ0v) is 13.2. The number of nitrogens with zero attached hydrogens (tertiary/aromatic N) is 3. The molecule has 0 unspecified atom stereocenters. The minimum Gasteiger partial charge on any atom is -0.507 e. The summed E-state index contributed by atoms with van der Waals surface area (Å²) >= 11 is 0. The number of hydrazone groups is 1. The zero-order valence-electron chi connectivity index (χ0n) is 13.2. The molecule has 0 saturated heterocycles. The number of hydrogen-bond donors (Lipinski definition) is 2. The third-order valence-corrected chi connectivity index (χ3v) is 3.44. The number of aromatic hydroxyl groups is 1. The number of anilines is 1. The fourth-order valence-corrected chi connectivity index (χ4v) is 2.15. The number of amides is 1. The lowest BCUT2D eigenvalue weighted by Gasteiger charge is -2.21. The number of hydrogen-bond acceptors (Lipinski definition) is 5. The molecule has 2 N–H and O–H groups in total. The third-order valence-electron chi connectivity index (χ3n) is 3.44. The second kappa shape index (κ2) is 7.93. The molecule has 1 aromatic heterocycles. The van der Waals surface area contributed by atoms with E-state index in [9.17, 15) is 9.90 Å². The zero-order chi connectivity index (χ0) is 16.7. The van der Waals surface area contributed by atoms with Crippen LogP contribution in [0, 0.1) is 0 Å². The first-order valence-electron chi connectivity index (χ1n) is 7.47. The highest BCUT2D eigenvalue weighted by Gasteiger charge is 2.06. The molecule has 0 aliphatic carbocycles. The molecule has 1 aromatic carbocycles. The van der Waals surface area contributed by atoms with Gasteiger partial charge in [0.05, 0.1) is 11.8 Å². The van der Waals surface area contributed by atoms with E-state index in [-0.39, 0.29) is 11.7 Å². The van der Waals surface area contributed by atoms with Gasteiger partial charge in [0.2, 0.25) is 0 Å². The van der Waals surface area contributed by atoms with E-state index in [1.807, 2.05) is 6.07 Å². The van der Waals surface area contributed by atoms with Crippen molar-refractivity contribution in [3.8, 4) is 5.75 Å². The summed E-state index contributed by atoms with van der Waals surface area (Å²) in [6, 6.07) is 8.70. The van der Waals surface area contributed by atoms with Gasteiger partial charge >= 0.3 is 0 Å². The molecule has 23 heavy (non-hydrogen) atoms. The first-order valence-corrected chi connectivity index (χ1v) is 7.47. The van der Waals surface area contributed by atoms with Crippen LogP contribution in [0.3, 0.4) is 0 Å². The van der Waals surface area contributed by atoms with Gasteiger partial charge in [-0.2, -0.15) is 5.10 Å². The predicted octanol–water partition coefficient (Wildman–Crippen LogP) is 2.40. The molecule has 2 aromatic rings. The lowest BCUT2D eigenvalue weighted by Crippen LogP contribution is -2.21. The molecular formula is C17H20N4O2. The van der Waals surface area contributed by atoms with E-state index in [1.165, 1.54) is 12.4 Å². The van der Waals surface area contributed by atoms with Crippen LogP contribution in [-0.2, 0) is 0 Å². The number of phenolic OH excluding ortho intramolecular Hbond substituents is 1. The van der Waals surface area contributed by atoms with Gasteiger partial charge in [-0.25, -0.2) is 5.43 Å². The van der Waals surface area contributed by atoms with Gasteiger partial charge in [0.15, 0.2) is 0 Å². The molecule has 6 heteroatoms. The molecule has 2 rings (SSSR count). The van der Waals surface area contributed by atoms with Gasteiger partial charge < -0.3 is 10.0 Å². The summed E-state index contributed by atoms with van der Waals surface area (Å²) < 4.78 is 0. The summed E-state index contributed by atoms with van der Waals surface area (Å²) in [7, 11) is 0. The quantitative estimate of drug-likeness (QED) is 0.634. The van der Waals surface area contributed by atoms with Gasteiger partial charge in [0.25, 0.3) is 5.91 Å². The Bertz CT molecular complexity index is 682. The van der Waals surface area contributed by atoms with Crippen molar-refractivity contribution < 1.29 is 9.90 Å². The highest BCUT2D eigenvalue weighted by molar-refractivity contribution is 5.94. The average molecular weight is 312 g/mol. The van der Waals surface area contributed by atoms with Crippen molar-refractivity contribution >= 4 is 17.8 Å². The lowest BCUT2D eigenvalue weighted by atomic mass is 10.2. The van der Waals surface area contributed by atoms with Crippen molar-refractivity contribution in [3.05, 3.63) is 53.9 Å². The predicted molar refractivity (Wildman–Crippen MR) is 91.0 cm³/mol. The first-order chi connectivity index (χ1) is 11.2. The van der Waals surface area contributed by atoms with Crippen molar-refractivity contribution in [1.82, 2.24) is 10.4 Å². The van der Waals surface area contributed by atoms with E-state index < -0.39 is 0 Å². The van der Waals surface area contributed by atoms with E-state index in [0.717, 1.165) is 18.8 Å². The summed E-state index contributed by atoms with van der Waals surface area (Å²) in [6.07, 6.45) is 4.46. The normalized spacial score (nSPS) is 10.7. The number of phenols is 1. The lowest BCUT2D eigenvalue weighted by molar-refractivity contribution is 0.0954. The van der Waals surface area contributed by atoms with Gasteiger partial charge in [-0.15, -0.1) is 0 Å². The Balaban J connectivity index is 2.04. The van der Waals surface area contributed by atoms with Crippen LogP contribution < -0.4 is 10.3 Å². The molecule has 1 heterocycles. The fraction of sp³-hybridized carbons (Fsp3) is 0.235. The fourth-order valence-electron chi connectivity index (χ4n) is 2.15. The summed E-state index contributed by atoms with van der Waals surface area (Å²) in [5, 5.41) is 13.9. The number of benzene rings is 1. The Labute approximate surface area is 135 Å². The first kappa shape index (κ1) is 16.5. The second-order valence-corrected chi connectivity index (χ2v) is 4.86. The molecule has 0 aliphatic rings. The maximum atomic E-state index is 11.8. The van der Waals surface area contributed by atoms with Gasteiger partial charge in [0.1, 0.15) is 5.75 Å². The smallest absolute Gasteiger partial charge is 0.272 e. The van der Waals surface area contributed by atoms with Crippen LogP contribution in [-0.4, -0.2) is 35.3 Å². The number of rotatable bonds is 6. The van der Waals surface area contributed by atoms with E-state index >= 15 is 0 Å². The second-order valence-electron chi connectivity index (χ2n) is 4.86. The monoisotopic (exact) mass is 312 g/mol. The van der Waals surface area contributed by atoms with Crippen molar-refractivity contribution in [2.24, 2.45) is 5.10 Å². The Morgan fingerprint density at radius 2 is 2.13 bits per heavy atom. The number of carbonyl (C=O) groups is 1. The SMILES string of the molecule is CCN(CC)c1ccc(/C=N\NC(=O)c2cccnc2)c(O)c1. The van der Waals surface area contributed by atoms with Crippen LogP contribution in [0.4, 0.5) is 5.69 Å². The maximum Gasteiger partial charge on any atom is 0.272 e. The topological polar surface area (TPSA) is 77.8 Å². The van der Waals surface area contributed by atoms with E-state index in [4.69, 9.17) is 0 Å². The Kier molecular flexibility index (Phi) is 5.68. The van der Waals surface area contributed by atoms with E-state index in [2.05, 4.69) is 34.3 Å². The van der Waals surface area contributed by atoms with Crippen molar-refractivity contribution in [1.29, 1.82) is 0 Å². The standard InChI is InChI=1S/C17H20N4O2/c1-3-21(4-2)15-8-7-13(16(22)10-15)12-19-20-17(23)14-6-5-9-18-11-14/h5-12,22H,3-4H2,1-2H3,(H,20,23)/b19-12-. The van der Waals surface area contributed by atoms with Crippen molar-refractivity contribution in [2.75, 3.05) is 18.0 Å². The highest BCUT2D eigenvalue weighted by atomic mass is 16.3. The highest BCUT2D eigenvalue weighted by Crippen LogP contribution is 2.23. The van der Waals surface area contributed by atoms with Crippen molar-refractivity contribution in [3.63, 3.8) is 0 Å². The van der Waals surface area contributed by atoms with Crippen LogP contribution in [0.5, 0.6) is 5.75 Å². The molecule has 0 radical (unpaired) electrons. The summed E-state index contributed by atoms with van der Waals surface area (Å²) in [6.45, 7) is 5.85. The van der Waals surface area contributed by atoms with Crippen LogP contribution in [0.2, 0.25) is 0 Å². The minimum absolute atomic E-state index is 0.119. The average Bonchev–Trinajstić information content (AvgIpc) is 2.58. The number of carbonyl (C=O) groups excluding carboxylic acids is 1. The molecule has 0 saturated carbocycles. The summed E-state index contributed by atoms with van der Waals surface area (Å²) in [5.41, 5.74) is 4.31. The molecule has 0 aliphatic heterocycles. The van der Waals surface area contributed by atoms with Crippen LogP contribution in [0.15, 0.2) is 47.8 Å². The number of aromatic nitrogens is 1. The van der Waals surface area contributed by atoms with Gasteiger partial charge in [-0.1, -0.05) is 0 Å². The maximum absolute atomic E-state index is 11.8. The Morgan fingerprint density at radius 1 is 1.35 bits per heavy atom. The largest absolute Gasteiger partial charge is 0.507 e. The summed E-state index contributed by atoms with van der Waals surface area (Å²) in [4.78, 5) is 17.8. The molecule has 0 fully saturated rings. The number of pyridine rings is 1. The molecule has 120 valence electrons. The van der Waals surface area contributed by atoms with Crippen LogP contribution >= 0.6 is 0 Å². The Morgan fingerprint density at radius 3 is 2.74 bits per heavy atom. The third kappa shape index (κ3) is 4.29. The number of nitrogens with one attached hydrogen (secondary N) is 1. The van der Waals surface area contributed by atoms with E-state index in [0.29, 0.717) is 11.1 Å². The molecule has 6 nitrogen and oxygen atoms in total. The molecule has 0 spiro atoms. The van der Waals surface area contributed by atoms with Crippen LogP contribution in [0.25, 0.3) is 0 Å². The molecular weight excluding hydrogens is 292 g/mol.